The molecule has 6 aromatic heterocycles. The van der Waals surface area contributed by atoms with E-state index in [1.54, 1.807) is 19.3 Å². The van der Waals surface area contributed by atoms with E-state index in [4.69, 9.17) is 24.9 Å². The average Bonchev–Trinajstić information content (AvgIpc) is 1.73. The number of nitrogens with zero attached hydrogens (tertiary/aromatic N) is 10. The van der Waals surface area contributed by atoms with Gasteiger partial charge in [-0.15, -0.1) is 10.2 Å². The molecule has 5 aromatic carbocycles. The van der Waals surface area contributed by atoms with Gasteiger partial charge in [-0.25, -0.2) is 22.5 Å². The summed E-state index contributed by atoms with van der Waals surface area (Å²) < 4.78 is 61.6. The molecule has 452 valence electrons. The van der Waals surface area contributed by atoms with Gasteiger partial charge in [0.2, 0.25) is 11.7 Å². The molecule has 91 heavy (non-hydrogen) atoms. The zero-order chi connectivity index (χ0) is 62.8. The SMILES string of the molecule is CC(C)C(=O)Nc1cnc2c(c1)CCCc1ccc(-c3ccc(C4Cc5ccc(-c6cnc(C7Cc8ccc(-c9nnn(C)n9)cc8-c8ncc(NC(=O)c9c(F)cccc9F)cc8C7)n6C)cc5-c5ncc(NC(=O)c6c(F)cccc6F)cc5C4)nc3)cc1-2. The lowest BCUT2D eigenvalue weighted by Crippen LogP contribution is -2.18. The molecule has 2 atom stereocenters. The zero-order valence-electron chi connectivity index (χ0n) is 49.8. The number of rotatable bonds is 11. The number of aromatic nitrogens is 10. The molecule has 6 heterocycles. The second-order valence-corrected chi connectivity index (χ2v) is 23.8. The molecule has 0 saturated heterocycles. The molecule has 2 unspecified atom stereocenters. The lowest BCUT2D eigenvalue weighted by atomic mass is 9.90. The van der Waals surface area contributed by atoms with Gasteiger partial charge >= 0.3 is 0 Å². The number of tetrazole rings is 1. The summed E-state index contributed by atoms with van der Waals surface area (Å²) in [6.07, 6.45) is 13.1. The molecule has 20 heteroatoms. The van der Waals surface area contributed by atoms with Crippen LogP contribution in [0, 0.1) is 29.2 Å². The summed E-state index contributed by atoms with van der Waals surface area (Å²) >= 11 is 0. The Kier molecular flexibility index (Phi) is 15.0. The van der Waals surface area contributed by atoms with Gasteiger partial charge in [-0.05, 0) is 156 Å². The number of benzene rings is 5. The van der Waals surface area contributed by atoms with Crippen LogP contribution in [0.3, 0.4) is 0 Å². The molecule has 0 saturated carbocycles. The molecule has 0 fully saturated rings. The molecule has 0 aliphatic heterocycles. The van der Waals surface area contributed by atoms with Crippen molar-refractivity contribution >= 4 is 34.8 Å². The summed E-state index contributed by atoms with van der Waals surface area (Å²) in [6, 6.07) is 35.0. The topological polar surface area (TPSA) is 200 Å². The molecular formula is C71H57F4N13O3. The molecule has 0 radical (unpaired) electrons. The molecule has 14 rings (SSSR count). The third-order valence-electron chi connectivity index (χ3n) is 17.4. The summed E-state index contributed by atoms with van der Waals surface area (Å²) in [4.78, 5) is 65.9. The summed E-state index contributed by atoms with van der Waals surface area (Å²) in [5.74, 6) is -5.31. The number of pyridine rings is 4. The van der Waals surface area contributed by atoms with E-state index in [9.17, 15) is 31.9 Å². The fraction of sp³-hybridized carbons (Fsp3) is 0.197. The first kappa shape index (κ1) is 57.8. The molecule has 0 spiro atoms. The van der Waals surface area contributed by atoms with Crippen molar-refractivity contribution in [3.8, 4) is 67.5 Å². The first-order valence-electron chi connectivity index (χ1n) is 30.0. The maximum absolute atomic E-state index is 14.9. The standard InChI is InChI=1S/C71H57F4N13O3/c1-37(2)69(89)81-50-26-43-9-5-8-38-14-15-39(29-53(38)64(43)77-33-50)45-20-21-60(76-32-45)46-22-40-16-18-42(30-54(40)65-47(24-46)27-51(34-78-65)82-70(90)62-56(72)10-6-11-57(62)73)61-36-80-68(87(61)3)49-23-41-17-19-44(67-84-86-88(4)85-67)31-55(41)66-48(25-49)28-52(35-79-66)83-71(91)63-58(74)12-7-13-59(63)75/h6-7,10-21,26-37,46,49H,5,8-9,22-25H2,1-4H3,(H,81,89)(H,82,90)(H,83,91). The monoisotopic (exact) mass is 1220 g/mol. The highest BCUT2D eigenvalue weighted by molar-refractivity contribution is 6.05. The average molecular weight is 1220 g/mol. The molecule has 0 bridgehead atoms. The van der Waals surface area contributed by atoms with Gasteiger partial charge in [-0.2, -0.15) is 4.80 Å². The number of anilines is 3. The fourth-order valence-corrected chi connectivity index (χ4v) is 12.9. The minimum Gasteiger partial charge on any atom is -0.331 e. The number of amides is 3. The maximum Gasteiger partial charge on any atom is 0.261 e. The Morgan fingerprint density at radius 3 is 1.58 bits per heavy atom. The number of hydrogen-bond donors (Lipinski definition) is 3. The van der Waals surface area contributed by atoms with Gasteiger partial charge in [0, 0.05) is 70.1 Å². The van der Waals surface area contributed by atoms with E-state index in [1.165, 1.54) is 34.9 Å². The smallest absolute Gasteiger partial charge is 0.261 e. The van der Waals surface area contributed by atoms with Gasteiger partial charge in [-0.3, -0.25) is 34.3 Å². The van der Waals surface area contributed by atoms with Crippen LogP contribution >= 0.6 is 0 Å². The quantitative estimate of drug-likeness (QED) is 0.104. The second-order valence-electron chi connectivity index (χ2n) is 23.8. The van der Waals surface area contributed by atoms with E-state index in [1.807, 2.05) is 63.6 Å². The summed E-state index contributed by atoms with van der Waals surface area (Å²) in [5.41, 5.74) is 15.7. The number of nitrogens with one attached hydrogen (secondary N) is 3. The Morgan fingerprint density at radius 1 is 0.495 bits per heavy atom. The van der Waals surface area contributed by atoms with Crippen molar-refractivity contribution in [1.82, 2.24) is 49.7 Å². The lowest BCUT2D eigenvalue weighted by molar-refractivity contribution is -0.118. The van der Waals surface area contributed by atoms with Gasteiger partial charge < -0.3 is 20.5 Å². The van der Waals surface area contributed by atoms with Gasteiger partial charge in [-0.1, -0.05) is 68.4 Å². The third kappa shape index (κ3) is 11.2. The van der Waals surface area contributed by atoms with E-state index in [-0.39, 0.29) is 35.0 Å². The van der Waals surface area contributed by atoms with Crippen LogP contribution < -0.4 is 16.0 Å². The van der Waals surface area contributed by atoms with Crippen LogP contribution in [0.1, 0.15) is 97.7 Å². The molecule has 16 nitrogen and oxygen atoms in total. The number of carbonyl (C=O) groups is 3. The second kappa shape index (κ2) is 23.6. The number of imidazole rings is 1. The van der Waals surface area contributed by atoms with Crippen LogP contribution in [0.25, 0.3) is 67.5 Å². The Hall–Kier alpha value is -10.9. The van der Waals surface area contributed by atoms with Crippen LogP contribution in [0.15, 0.2) is 152 Å². The van der Waals surface area contributed by atoms with E-state index < -0.39 is 46.2 Å². The first-order valence-corrected chi connectivity index (χ1v) is 30.0. The van der Waals surface area contributed by atoms with Gasteiger partial charge in [0.15, 0.2) is 0 Å². The summed E-state index contributed by atoms with van der Waals surface area (Å²) in [6.45, 7) is 3.72. The fourth-order valence-electron chi connectivity index (χ4n) is 12.9. The van der Waals surface area contributed by atoms with Crippen LogP contribution in [0.4, 0.5) is 34.6 Å². The first-order chi connectivity index (χ1) is 44.1. The van der Waals surface area contributed by atoms with Crippen molar-refractivity contribution in [3.05, 3.63) is 232 Å². The zero-order valence-corrected chi connectivity index (χ0v) is 49.8. The lowest BCUT2D eigenvalue weighted by Gasteiger charge is -2.18. The van der Waals surface area contributed by atoms with Crippen LogP contribution in [0.2, 0.25) is 0 Å². The predicted molar refractivity (Wildman–Crippen MR) is 337 cm³/mol. The molecule has 3 aliphatic rings. The minimum absolute atomic E-state index is 0.0595. The molecule has 11 aromatic rings. The number of halogens is 4. The normalized spacial score (nSPS) is 14.7. The Bertz CT molecular complexity index is 4730. The van der Waals surface area contributed by atoms with Crippen molar-refractivity contribution in [2.24, 2.45) is 20.0 Å². The molecule has 3 N–H and O–H groups in total. The van der Waals surface area contributed by atoms with E-state index in [0.717, 1.165) is 133 Å². The minimum atomic E-state index is -0.991. The van der Waals surface area contributed by atoms with E-state index in [2.05, 4.69) is 84.5 Å². The number of carbonyl (C=O) groups excluding carboxylic acids is 3. The van der Waals surface area contributed by atoms with Crippen molar-refractivity contribution in [3.63, 3.8) is 0 Å². The predicted octanol–water partition coefficient (Wildman–Crippen LogP) is 13.4. The van der Waals surface area contributed by atoms with Crippen molar-refractivity contribution < 1.29 is 31.9 Å². The van der Waals surface area contributed by atoms with Crippen LogP contribution in [-0.4, -0.2) is 67.4 Å². The Labute approximate surface area is 519 Å². The number of aryl methyl sites for hydroxylation is 3. The molecule has 3 amide bonds. The van der Waals surface area contributed by atoms with E-state index in [0.29, 0.717) is 48.6 Å². The van der Waals surface area contributed by atoms with Crippen molar-refractivity contribution in [1.29, 1.82) is 0 Å². The highest BCUT2D eigenvalue weighted by atomic mass is 19.1. The largest absolute Gasteiger partial charge is 0.331 e. The van der Waals surface area contributed by atoms with Crippen molar-refractivity contribution in [2.45, 2.75) is 70.6 Å². The molecular weight excluding hydrogens is 1160 g/mol. The Balaban J connectivity index is 0.796. The number of hydrogen-bond acceptors (Lipinski definition) is 11. The van der Waals surface area contributed by atoms with Crippen molar-refractivity contribution in [2.75, 3.05) is 16.0 Å². The summed E-state index contributed by atoms with van der Waals surface area (Å²) in [5, 5.41) is 21.1. The van der Waals surface area contributed by atoms with Gasteiger partial charge in [0.1, 0.15) is 40.2 Å². The highest BCUT2D eigenvalue weighted by Crippen LogP contribution is 2.44. The summed E-state index contributed by atoms with van der Waals surface area (Å²) in [7, 11) is 3.65. The third-order valence-corrected chi connectivity index (χ3v) is 17.4. The molecule has 3 aliphatic carbocycles. The van der Waals surface area contributed by atoms with E-state index >= 15 is 0 Å². The number of fused-ring (bicyclic) bond motifs is 9. The maximum atomic E-state index is 14.9. The highest BCUT2D eigenvalue weighted by Gasteiger charge is 2.31. The van der Waals surface area contributed by atoms with Gasteiger partial charge in [0.25, 0.3) is 11.8 Å². The van der Waals surface area contributed by atoms with Crippen LogP contribution in [0.5, 0.6) is 0 Å². The van der Waals surface area contributed by atoms with Gasteiger partial charge in [0.05, 0.1) is 71.7 Å². The van der Waals surface area contributed by atoms with Crippen LogP contribution in [-0.2, 0) is 57.4 Å². The Morgan fingerprint density at radius 2 is 0.989 bits per heavy atom.